The number of benzene rings is 2. The van der Waals surface area contributed by atoms with Crippen LogP contribution in [0.4, 0.5) is 0 Å². The van der Waals surface area contributed by atoms with Crippen molar-refractivity contribution < 1.29 is 14.7 Å². The van der Waals surface area contributed by atoms with Gasteiger partial charge in [0.15, 0.2) is 12.3 Å². The molecule has 1 N–H and O–H groups in total. The monoisotopic (exact) mass is 370 g/mol. The molecule has 1 saturated heterocycles. The fourth-order valence-corrected chi connectivity index (χ4v) is 3.83. The summed E-state index contributed by atoms with van der Waals surface area (Å²) in [6.07, 6.45) is -1.03. The number of nitrogens with zero attached hydrogens (tertiary/aromatic N) is 2. The van der Waals surface area contributed by atoms with Gasteiger partial charge in [-0.2, -0.15) is 0 Å². The molecule has 6 heteroatoms. The topological polar surface area (TPSA) is 62.1 Å². The van der Waals surface area contributed by atoms with Crippen LogP contribution in [0.1, 0.15) is 18.1 Å². The maximum absolute atomic E-state index is 13.1. The fraction of sp³-hybridized carbons (Fsp3) is 0.300. The molecule has 134 valence electrons. The SMILES string of the molecule is C[C@@H](Cc1ccccc1)N1C(=O)[C@H]2C(c3ccc(Cl)cc3)=NO[C@H]2[C@H]1O. The van der Waals surface area contributed by atoms with Crippen molar-refractivity contribution in [1.29, 1.82) is 0 Å². The third kappa shape index (κ3) is 2.87. The van der Waals surface area contributed by atoms with Gasteiger partial charge in [0, 0.05) is 16.6 Å². The van der Waals surface area contributed by atoms with E-state index in [-0.39, 0.29) is 11.9 Å². The summed E-state index contributed by atoms with van der Waals surface area (Å²) in [7, 11) is 0. The van der Waals surface area contributed by atoms with Crippen molar-refractivity contribution in [2.24, 2.45) is 11.1 Å². The second kappa shape index (κ2) is 6.74. The first kappa shape index (κ1) is 17.1. The number of carbonyl (C=O) groups excluding carboxylic acids is 1. The molecule has 0 aromatic heterocycles. The minimum atomic E-state index is -1.01. The third-order valence-corrected chi connectivity index (χ3v) is 5.24. The number of hydrogen-bond donors (Lipinski definition) is 1. The first-order valence-corrected chi connectivity index (χ1v) is 8.98. The Morgan fingerprint density at radius 2 is 1.88 bits per heavy atom. The van der Waals surface area contributed by atoms with Crippen molar-refractivity contribution in [3.63, 3.8) is 0 Å². The molecular formula is C20H19ClN2O3. The minimum absolute atomic E-state index is 0.152. The van der Waals surface area contributed by atoms with Crippen LogP contribution >= 0.6 is 11.6 Å². The van der Waals surface area contributed by atoms with Gasteiger partial charge >= 0.3 is 0 Å². The molecule has 2 aromatic carbocycles. The van der Waals surface area contributed by atoms with Gasteiger partial charge in [-0.1, -0.05) is 59.2 Å². The van der Waals surface area contributed by atoms with Crippen LogP contribution in [0.2, 0.25) is 5.02 Å². The molecule has 1 fully saturated rings. The number of halogens is 1. The maximum atomic E-state index is 13.1. The number of aliphatic hydroxyl groups excluding tert-OH is 1. The summed E-state index contributed by atoms with van der Waals surface area (Å²) in [6.45, 7) is 1.94. The molecule has 2 heterocycles. The normalized spacial score (nSPS) is 25.7. The van der Waals surface area contributed by atoms with Gasteiger partial charge < -0.3 is 14.8 Å². The number of rotatable bonds is 4. The molecule has 0 saturated carbocycles. The molecule has 4 rings (SSSR count). The summed E-state index contributed by atoms with van der Waals surface area (Å²) in [4.78, 5) is 20.0. The molecule has 2 aliphatic heterocycles. The highest BCUT2D eigenvalue weighted by Gasteiger charge is 2.56. The number of likely N-dealkylation sites (tertiary alicyclic amines) is 1. The standard InChI is InChI=1S/C20H19ClN2O3/c1-12(11-13-5-3-2-4-6-13)23-19(24)16-17(22-26-18(16)20(23)25)14-7-9-15(21)10-8-14/h2-10,12,16,18,20,25H,11H2,1H3/t12-,16-,18+,20+/m0/s1. The van der Waals surface area contributed by atoms with Gasteiger partial charge in [0.05, 0.1) is 0 Å². The van der Waals surface area contributed by atoms with E-state index in [0.717, 1.165) is 11.1 Å². The molecule has 0 radical (unpaired) electrons. The summed E-state index contributed by atoms with van der Waals surface area (Å²) in [5, 5.41) is 15.3. The Labute approximate surface area is 156 Å². The molecule has 4 atom stereocenters. The number of oxime groups is 1. The first-order chi connectivity index (χ1) is 12.6. The summed E-state index contributed by atoms with van der Waals surface area (Å²) < 4.78 is 0. The molecule has 5 nitrogen and oxygen atoms in total. The predicted molar refractivity (Wildman–Crippen MR) is 98.8 cm³/mol. The van der Waals surface area contributed by atoms with E-state index in [1.165, 1.54) is 4.90 Å². The van der Waals surface area contributed by atoms with Gasteiger partial charge in [0.2, 0.25) is 5.91 Å². The highest BCUT2D eigenvalue weighted by atomic mass is 35.5. The summed E-state index contributed by atoms with van der Waals surface area (Å²) in [5.74, 6) is -0.749. The lowest BCUT2D eigenvalue weighted by atomic mass is 9.94. The van der Waals surface area contributed by atoms with Crippen LogP contribution in [0.15, 0.2) is 59.8 Å². The number of fused-ring (bicyclic) bond motifs is 1. The number of aliphatic hydroxyl groups is 1. The minimum Gasteiger partial charge on any atom is -0.386 e. The van der Waals surface area contributed by atoms with Crippen LogP contribution in [0, 0.1) is 5.92 Å². The molecule has 1 amide bonds. The Morgan fingerprint density at radius 1 is 1.19 bits per heavy atom. The number of amides is 1. The zero-order chi connectivity index (χ0) is 18.3. The van der Waals surface area contributed by atoms with Gasteiger partial charge in [-0.15, -0.1) is 0 Å². The van der Waals surface area contributed by atoms with E-state index in [4.69, 9.17) is 16.4 Å². The van der Waals surface area contributed by atoms with Crippen LogP contribution in [-0.4, -0.2) is 40.0 Å². The molecule has 0 aliphatic carbocycles. The first-order valence-electron chi connectivity index (χ1n) is 8.60. The highest BCUT2D eigenvalue weighted by molar-refractivity contribution is 6.30. The van der Waals surface area contributed by atoms with Crippen molar-refractivity contribution in [2.75, 3.05) is 0 Å². The van der Waals surface area contributed by atoms with E-state index in [1.54, 1.807) is 12.1 Å². The van der Waals surface area contributed by atoms with Gasteiger partial charge in [0.1, 0.15) is 11.6 Å². The lowest BCUT2D eigenvalue weighted by molar-refractivity contribution is -0.139. The van der Waals surface area contributed by atoms with Crippen molar-refractivity contribution in [1.82, 2.24) is 4.90 Å². The summed E-state index contributed by atoms with van der Waals surface area (Å²) >= 11 is 5.94. The second-order valence-electron chi connectivity index (χ2n) is 6.73. The lowest BCUT2D eigenvalue weighted by Crippen LogP contribution is -2.44. The average molecular weight is 371 g/mol. The van der Waals surface area contributed by atoms with E-state index in [0.29, 0.717) is 17.2 Å². The lowest BCUT2D eigenvalue weighted by Gasteiger charge is -2.29. The molecule has 0 bridgehead atoms. The molecule has 2 aliphatic rings. The van der Waals surface area contributed by atoms with Gasteiger partial charge in [-0.25, -0.2) is 0 Å². The highest BCUT2D eigenvalue weighted by Crippen LogP contribution is 2.36. The largest absolute Gasteiger partial charge is 0.386 e. The van der Waals surface area contributed by atoms with Crippen molar-refractivity contribution in [3.05, 3.63) is 70.7 Å². The molecule has 0 spiro atoms. The second-order valence-corrected chi connectivity index (χ2v) is 7.17. The predicted octanol–water partition coefficient (Wildman–Crippen LogP) is 2.85. The van der Waals surface area contributed by atoms with Gasteiger partial charge in [0.25, 0.3) is 0 Å². The van der Waals surface area contributed by atoms with E-state index >= 15 is 0 Å². The molecular weight excluding hydrogens is 352 g/mol. The summed E-state index contributed by atoms with van der Waals surface area (Å²) in [6, 6.07) is 16.9. The van der Waals surface area contributed by atoms with Gasteiger partial charge in [-0.05, 0) is 31.0 Å². The Bertz CT molecular complexity index is 838. The zero-order valence-electron chi connectivity index (χ0n) is 14.2. The van der Waals surface area contributed by atoms with Crippen LogP contribution in [-0.2, 0) is 16.1 Å². The van der Waals surface area contributed by atoms with Gasteiger partial charge in [-0.3, -0.25) is 4.79 Å². The fourth-order valence-electron chi connectivity index (χ4n) is 3.71. The number of carbonyl (C=O) groups is 1. The van der Waals surface area contributed by atoms with Crippen LogP contribution in [0.25, 0.3) is 0 Å². The number of hydrogen-bond acceptors (Lipinski definition) is 4. The Hall–Kier alpha value is -2.37. The van der Waals surface area contributed by atoms with Crippen molar-refractivity contribution in [3.8, 4) is 0 Å². The van der Waals surface area contributed by atoms with E-state index < -0.39 is 18.2 Å². The van der Waals surface area contributed by atoms with E-state index in [1.807, 2.05) is 49.4 Å². The van der Waals surface area contributed by atoms with Crippen molar-refractivity contribution >= 4 is 23.2 Å². The molecule has 2 aromatic rings. The van der Waals surface area contributed by atoms with E-state index in [9.17, 15) is 9.90 Å². The Morgan fingerprint density at radius 3 is 2.58 bits per heavy atom. The third-order valence-electron chi connectivity index (χ3n) is 4.98. The van der Waals surface area contributed by atoms with Crippen LogP contribution in [0.3, 0.4) is 0 Å². The average Bonchev–Trinajstić information content (AvgIpc) is 3.17. The quantitative estimate of drug-likeness (QED) is 0.900. The smallest absolute Gasteiger partial charge is 0.238 e. The Kier molecular flexibility index (Phi) is 4.42. The molecule has 0 unspecified atom stereocenters. The molecule has 26 heavy (non-hydrogen) atoms. The summed E-state index contributed by atoms with van der Waals surface area (Å²) in [5.41, 5.74) is 2.44. The van der Waals surface area contributed by atoms with E-state index in [2.05, 4.69) is 5.16 Å². The van der Waals surface area contributed by atoms with Crippen molar-refractivity contribution in [2.45, 2.75) is 31.7 Å². The maximum Gasteiger partial charge on any atom is 0.238 e. The van der Waals surface area contributed by atoms with Crippen LogP contribution in [0.5, 0.6) is 0 Å². The zero-order valence-corrected chi connectivity index (χ0v) is 15.0. The Balaban J connectivity index is 1.56. The van der Waals surface area contributed by atoms with Crippen LogP contribution < -0.4 is 0 Å².